The van der Waals surface area contributed by atoms with E-state index in [2.05, 4.69) is 5.32 Å². The van der Waals surface area contributed by atoms with Gasteiger partial charge in [-0.1, -0.05) is 0 Å². The Balaban J connectivity index is 1.79. The Morgan fingerprint density at radius 3 is 2.33 bits per heavy atom. The van der Waals surface area contributed by atoms with Gasteiger partial charge < -0.3 is 15.2 Å². The van der Waals surface area contributed by atoms with Gasteiger partial charge in [0.05, 0.1) is 0 Å². The molecule has 0 heterocycles. The first-order valence-corrected chi connectivity index (χ1v) is 5.40. The van der Waals surface area contributed by atoms with E-state index >= 15 is 0 Å². The van der Waals surface area contributed by atoms with Gasteiger partial charge in [-0.3, -0.25) is 0 Å². The molecule has 3 rings (SSSR count). The molecule has 3 saturated carbocycles. The minimum Gasteiger partial charge on any atom is -0.444 e. The fourth-order valence-corrected chi connectivity index (χ4v) is 2.82. The van der Waals surface area contributed by atoms with Crippen LogP contribution < -0.4 is 5.32 Å². The summed E-state index contributed by atoms with van der Waals surface area (Å²) >= 11 is 0. The Labute approximate surface area is 90.0 Å². The van der Waals surface area contributed by atoms with Crippen molar-refractivity contribution in [3.05, 3.63) is 0 Å². The van der Waals surface area contributed by atoms with E-state index in [0.717, 1.165) is 19.3 Å². The average Bonchev–Trinajstić information content (AvgIpc) is 1.89. The van der Waals surface area contributed by atoms with Crippen molar-refractivity contribution in [1.82, 2.24) is 5.32 Å². The fourth-order valence-electron chi connectivity index (χ4n) is 2.82. The first-order valence-electron chi connectivity index (χ1n) is 5.40. The van der Waals surface area contributed by atoms with E-state index in [1.54, 1.807) is 0 Å². The number of hydrogen-bond acceptors (Lipinski definition) is 3. The standard InChI is InChI=1S/C11H19NO3/c1-9(2,3)15-8(14)12-11-4-10(5-11,6-11)7-13/h13H,4-7H2,1-3H3,(H,12,14). The summed E-state index contributed by atoms with van der Waals surface area (Å²) in [6.45, 7) is 5.79. The summed E-state index contributed by atoms with van der Waals surface area (Å²) in [5, 5.41) is 12.0. The lowest BCUT2D eigenvalue weighted by Gasteiger charge is -2.69. The van der Waals surface area contributed by atoms with Crippen molar-refractivity contribution in [2.45, 2.75) is 51.2 Å². The summed E-state index contributed by atoms with van der Waals surface area (Å²) in [6, 6.07) is 0. The zero-order valence-corrected chi connectivity index (χ0v) is 9.59. The van der Waals surface area contributed by atoms with E-state index in [1.165, 1.54) is 0 Å². The molecule has 0 radical (unpaired) electrons. The molecule has 0 aromatic rings. The minimum atomic E-state index is -0.442. The highest BCUT2D eigenvalue weighted by atomic mass is 16.6. The first kappa shape index (κ1) is 10.7. The number of carbonyl (C=O) groups excluding carboxylic acids is 1. The lowest BCUT2D eigenvalue weighted by atomic mass is 9.40. The van der Waals surface area contributed by atoms with Gasteiger partial charge in [-0.05, 0) is 40.0 Å². The van der Waals surface area contributed by atoms with Crippen LogP contribution in [0.4, 0.5) is 4.79 Å². The zero-order valence-electron chi connectivity index (χ0n) is 9.59. The van der Waals surface area contributed by atoms with Gasteiger partial charge in [0, 0.05) is 17.6 Å². The van der Waals surface area contributed by atoms with Gasteiger partial charge in [0.2, 0.25) is 0 Å². The monoisotopic (exact) mass is 213 g/mol. The number of aliphatic hydroxyl groups excluding tert-OH is 1. The van der Waals surface area contributed by atoms with Crippen molar-refractivity contribution in [2.75, 3.05) is 6.61 Å². The summed E-state index contributed by atoms with van der Waals surface area (Å²) in [7, 11) is 0. The molecule has 3 fully saturated rings. The molecule has 0 saturated heterocycles. The zero-order chi connectivity index (χ0) is 11.3. The van der Waals surface area contributed by atoms with Crippen LogP contribution in [0.15, 0.2) is 0 Å². The second-order valence-electron chi connectivity index (χ2n) is 6.10. The second-order valence-corrected chi connectivity index (χ2v) is 6.10. The number of amides is 1. The largest absolute Gasteiger partial charge is 0.444 e. The molecule has 0 aromatic carbocycles. The summed E-state index contributed by atoms with van der Waals surface area (Å²) in [5.74, 6) is 0. The smallest absolute Gasteiger partial charge is 0.408 e. The van der Waals surface area contributed by atoms with E-state index in [9.17, 15) is 4.79 Å². The summed E-state index contributed by atoms with van der Waals surface area (Å²) in [5.41, 5.74) is -0.387. The van der Waals surface area contributed by atoms with Crippen molar-refractivity contribution in [3.63, 3.8) is 0 Å². The minimum absolute atomic E-state index is 0.0644. The molecule has 2 bridgehead atoms. The molecular weight excluding hydrogens is 194 g/mol. The van der Waals surface area contributed by atoms with Crippen molar-refractivity contribution in [3.8, 4) is 0 Å². The van der Waals surface area contributed by atoms with Gasteiger partial charge in [-0.2, -0.15) is 0 Å². The SMILES string of the molecule is CC(C)(C)OC(=O)NC12CC(CO)(C1)C2. The predicted molar refractivity (Wildman–Crippen MR) is 55.5 cm³/mol. The predicted octanol–water partition coefficient (Wildman–Crippen LogP) is 1.43. The fraction of sp³-hybridized carbons (Fsp3) is 0.909. The molecule has 0 aliphatic heterocycles. The first-order chi connectivity index (χ1) is 6.78. The summed E-state index contributed by atoms with van der Waals surface area (Å²) in [6.07, 6.45) is 2.36. The number of alkyl carbamates (subject to hydrolysis) is 1. The van der Waals surface area contributed by atoms with E-state index in [-0.39, 0.29) is 23.7 Å². The molecule has 3 aliphatic carbocycles. The summed E-state index contributed by atoms with van der Waals surface area (Å²) < 4.78 is 5.19. The maximum Gasteiger partial charge on any atom is 0.408 e. The number of nitrogens with one attached hydrogen (secondary N) is 1. The molecular formula is C11H19NO3. The molecule has 0 aromatic heterocycles. The van der Waals surface area contributed by atoms with Crippen LogP contribution in [0.2, 0.25) is 0 Å². The molecule has 0 unspecified atom stereocenters. The van der Waals surface area contributed by atoms with Crippen LogP contribution in [-0.2, 0) is 4.74 Å². The van der Waals surface area contributed by atoms with Gasteiger partial charge in [0.1, 0.15) is 5.60 Å². The van der Waals surface area contributed by atoms with Crippen molar-refractivity contribution in [2.24, 2.45) is 5.41 Å². The van der Waals surface area contributed by atoms with E-state index < -0.39 is 5.60 Å². The molecule has 86 valence electrons. The maximum atomic E-state index is 11.5. The van der Waals surface area contributed by atoms with Gasteiger partial charge in [0.15, 0.2) is 0 Å². The second kappa shape index (κ2) is 2.88. The third-order valence-electron chi connectivity index (χ3n) is 3.24. The van der Waals surface area contributed by atoms with Crippen molar-refractivity contribution in [1.29, 1.82) is 0 Å². The Morgan fingerprint density at radius 1 is 1.40 bits per heavy atom. The van der Waals surface area contributed by atoms with E-state index in [4.69, 9.17) is 9.84 Å². The summed E-state index contributed by atoms with van der Waals surface area (Å²) in [4.78, 5) is 11.5. The number of ether oxygens (including phenoxy) is 1. The molecule has 2 N–H and O–H groups in total. The van der Waals surface area contributed by atoms with Crippen LogP contribution in [0, 0.1) is 5.41 Å². The van der Waals surface area contributed by atoms with Crippen LogP contribution in [-0.4, -0.2) is 28.9 Å². The number of rotatable bonds is 2. The lowest BCUT2D eigenvalue weighted by molar-refractivity contribution is -0.175. The van der Waals surface area contributed by atoms with Crippen molar-refractivity contribution >= 4 is 6.09 Å². The molecule has 3 aliphatic rings. The Morgan fingerprint density at radius 2 is 1.93 bits per heavy atom. The number of aliphatic hydroxyl groups is 1. The maximum absolute atomic E-state index is 11.5. The highest BCUT2D eigenvalue weighted by molar-refractivity contribution is 5.69. The van der Waals surface area contributed by atoms with Crippen LogP contribution in [0.25, 0.3) is 0 Å². The topological polar surface area (TPSA) is 58.6 Å². The Bertz CT molecular complexity index is 273. The highest BCUT2D eigenvalue weighted by Crippen LogP contribution is 2.66. The van der Waals surface area contributed by atoms with Crippen LogP contribution in [0.3, 0.4) is 0 Å². The molecule has 4 nitrogen and oxygen atoms in total. The highest BCUT2D eigenvalue weighted by Gasteiger charge is 2.68. The van der Waals surface area contributed by atoms with Gasteiger partial charge in [0.25, 0.3) is 0 Å². The van der Waals surface area contributed by atoms with Crippen molar-refractivity contribution < 1.29 is 14.6 Å². The van der Waals surface area contributed by atoms with Crippen LogP contribution >= 0.6 is 0 Å². The number of hydrogen-bond donors (Lipinski definition) is 2. The normalized spacial score (nSPS) is 37.6. The lowest BCUT2D eigenvalue weighted by Crippen LogP contribution is -2.75. The molecule has 0 spiro atoms. The van der Waals surface area contributed by atoms with Gasteiger partial charge in [-0.25, -0.2) is 4.79 Å². The quantitative estimate of drug-likeness (QED) is 0.729. The number of carbonyl (C=O) groups is 1. The third-order valence-corrected chi connectivity index (χ3v) is 3.24. The Hall–Kier alpha value is -0.770. The van der Waals surface area contributed by atoms with Gasteiger partial charge in [-0.15, -0.1) is 0 Å². The molecule has 15 heavy (non-hydrogen) atoms. The molecule has 1 amide bonds. The molecule has 4 heteroatoms. The third kappa shape index (κ3) is 1.83. The van der Waals surface area contributed by atoms with Crippen LogP contribution in [0.5, 0.6) is 0 Å². The van der Waals surface area contributed by atoms with Crippen LogP contribution in [0.1, 0.15) is 40.0 Å². The average molecular weight is 213 g/mol. The van der Waals surface area contributed by atoms with Gasteiger partial charge >= 0.3 is 6.09 Å². The van der Waals surface area contributed by atoms with E-state index in [1.807, 2.05) is 20.8 Å². The molecule has 0 atom stereocenters. The Kier molecular flexibility index (Phi) is 2.06. The van der Waals surface area contributed by atoms with E-state index in [0.29, 0.717) is 0 Å².